The number of aromatic nitrogens is 1. The van der Waals surface area contributed by atoms with Crippen molar-refractivity contribution in [2.24, 2.45) is 0 Å². The topological polar surface area (TPSA) is 68.3 Å². The van der Waals surface area contributed by atoms with Gasteiger partial charge in [0.05, 0.1) is 7.11 Å². The zero-order valence-electron chi connectivity index (χ0n) is 10.9. The lowest BCUT2D eigenvalue weighted by molar-refractivity contribution is 0.402. The Labute approximate surface area is 122 Å². The van der Waals surface area contributed by atoms with Crippen molar-refractivity contribution in [2.45, 2.75) is 11.8 Å². The molecule has 0 fully saturated rings. The summed E-state index contributed by atoms with van der Waals surface area (Å²) in [4.78, 5) is 3.95. The highest BCUT2D eigenvalue weighted by atomic mass is 35.5. The Morgan fingerprint density at radius 2 is 2.00 bits per heavy atom. The van der Waals surface area contributed by atoms with Crippen LogP contribution in [0.25, 0.3) is 0 Å². The van der Waals surface area contributed by atoms with Crippen LogP contribution in [0.3, 0.4) is 0 Å². The molecule has 5 nitrogen and oxygen atoms in total. The first-order chi connectivity index (χ1) is 9.42. The molecule has 0 unspecified atom stereocenters. The minimum absolute atomic E-state index is 0.0572. The predicted molar refractivity (Wildman–Crippen MR) is 77.8 cm³/mol. The van der Waals surface area contributed by atoms with Crippen LogP contribution in [0.4, 0.5) is 5.82 Å². The highest BCUT2D eigenvalue weighted by molar-refractivity contribution is 7.92. The first kappa shape index (κ1) is 14.6. The first-order valence-corrected chi connectivity index (χ1v) is 7.58. The molecule has 1 aromatic carbocycles. The lowest BCUT2D eigenvalue weighted by Gasteiger charge is -2.11. The number of nitrogens with zero attached hydrogens (tertiary/aromatic N) is 1. The Kier molecular flexibility index (Phi) is 4.15. The van der Waals surface area contributed by atoms with Gasteiger partial charge in [-0.2, -0.15) is 0 Å². The monoisotopic (exact) mass is 312 g/mol. The Hall–Kier alpha value is -1.79. The average Bonchev–Trinajstić information content (AvgIpc) is 2.38. The maximum atomic E-state index is 12.4. The molecular weight excluding hydrogens is 300 g/mol. The Morgan fingerprint density at radius 3 is 2.65 bits per heavy atom. The molecule has 7 heteroatoms. The number of hydrogen-bond donors (Lipinski definition) is 1. The van der Waals surface area contributed by atoms with Crippen molar-refractivity contribution in [2.75, 3.05) is 11.8 Å². The largest absolute Gasteiger partial charge is 0.495 e. The highest BCUT2D eigenvalue weighted by Gasteiger charge is 2.20. The number of methoxy groups -OCH3 is 1. The lowest BCUT2D eigenvalue weighted by atomic mass is 10.2. The van der Waals surface area contributed by atoms with Gasteiger partial charge in [-0.25, -0.2) is 13.4 Å². The van der Waals surface area contributed by atoms with Gasteiger partial charge in [0.2, 0.25) is 0 Å². The van der Waals surface area contributed by atoms with Gasteiger partial charge >= 0.3 is 0 Å². The van der Waals surface area contributed by atoms with Gasteiger partial charge in [0.1, 0.15) is 21.6 Å². The van der Waals surface area contributed by atoms with Crippen molar-refractivity contribution < 1.29 is 13.2 Å². The van der Waals surface area contributed by atoms with E-state index in [2.05, 4.69) is 9.71 Å². The van der Waals surface area contributed by atoms with Crippen LogP contribution in [0, 0.1) is 6.92 Å². The van der Waals surface area contributed by atoms with E-state index in [4.69, 9.17) is 16.3 Å². The van der Waals surface area contributed by atoms with Crippen molar-refractivity contribution >= 4 is 27.4 Å². The van der Waals surface area contributed by atoms with Gasteiger partial charge in [0.25, 0.3) is 10.0 Å². The molecule has 0 aliphatic carbocycles. The summed E-state index contributed by atoms with van der Waals surface area (Å²) in [7, 11) is -2.37. The van der Waals surface area contributed by atoms with E-state index in [1.807, 2.05) is 0 Å². The van der Waals surface area contributed by atoms with Crippen molar-refractivity contribution in [1.29, 1.82) is 0 Å². The number of halogens is 1. The van der Waals surface area contributed by atoms with Crippen LogP contribution in [0.2, 0.25) is 5.15 Å². The minimum Gasteiger partial charge on any atom is -0.495 e. The number of hydrogen-bond acceptors (Lipinski definition) is 4. The third-order valence-corrected chi connectivity index (χ3v) is 4.15. The number of benzene rings is 1. The summed E-state index contributed by atoms with van der Waals surface area (Å²) in [6.45, 7) is 1.80. The summed E-state index contributed by atoms with van der Waals surface area (Å²) in [5.74, 6) is 0.422. The summed E-state index contributed by atoms with van der Waals surface area (Å²) >= 11 is 5.73. The molecule has 2 rings (SSSR count). The van der Waals surface area contributed by atoms with Gasteiger partial charge < -0.3 is 4.74 Å². The van der Waals surface area contributed by atoms with E-state index in [1.54, 1.807) is 31.2 Å². The fraction of sp³-hybridized carbons (Fsp3) is 0.154. The van der Waals surface area contributed by atoms with Crippen LogP contribution in [0.5, 0.6) is 5.75 Å². The second-order valence-electron chi connectivity index (χ2n) is 4.11. The first-order valence-electron chi connectivity index (χ1n) is 5.72. The number of ether oxygens (including phenoxy) is 1. The molecule has 1 N–H and O–H groups in total. The third-order valence-electron chi connectivity index (χ3n) is 2.56. The fourth-order valence-electron chi connectivity index (χ4n) is 1.65. The highest BCUT2D eigenvalue weighted by Crippen LogP contribution is 2.26. The standard InChI is InChI=1S/C13H13ClN2O3S/c1-9-6-7-10(19-2)11(8-9)20(17,18)16-13-5-3-4-12(14)15-13/h3-8H,1-2H3,(H,15,16). The molecule has 0 saturated heterocycles. The number of sulfonamides is 1. The average molecular weight is 313 g/mol. The summed E-state index contributed by atoms with van der Waals surface area (Å²) in [5.41, 5.74) is 0.810. The Bertz CT molecular complexity index is 732. The molecule has 1 heterocycles. The van der Waals surface area contributed by atoms with Crippen LogP contribution in [-0.2, 0) is 10.0 Å². The van der Waals surface area contributed by atoms with Gasteiger partial charge in [0.15, 0.2) is 0 Å². The Balaban J connectivity index is 2.43. The van der Waals surface area contributed by atoms with E-state index < -0.39 is 10.0 Å². The molecule has 20 heavy (non-hydrogen) atoms. The number of nitrogens with one attached hydrogen (secondary N) is 1. The quantitative estimate of drug-likeness (QED) is 0.881. The zero-order valence-corrected chi connectivity index (χ0v) is 12.5. The SMILES string of the molecule is COc1ccc(C)cc1S(=O)(=O)Nc1cccc(Cl)n1. The van der Waals surface area contributed by atoms with Gasteiger partial charge in [-0.1, -0.05) is 23.7 Å². The van der Waals surface area contributed by atoms with E-state index in [0.717, 1.165) is 5.56 Å². The normalized spacial score (nSPS) is 11.2. The van der Waals surface area contributed by atoms with Crippen molar-refractivity contribution in [1.82, 2.24) is 4.98 Å². The second-order valence-corrected chi connectivity index (χ2v) is 6.14. The summed E-state index contributed by atoms with van der Waals surface area (Å²) < 4.78 is 32.2. The number of anilines is 1. The van der Waals surface area contributed by atoms with Gasteiger partial charge in [0, 0.05) is 0 Å². The van der Waals surface area contributed by atoms with Crippen molar-refractivity contribution in [3.8, 4) is 5.75 Å². The van der Waals surface area contributed by atoms with E-state index in [0.29, 0.717) is 0 Å². The van der Waals surface area contributed by atoms with Gasteiger partial charge in [-0.3, -0.25) is 4.72 Å². The molecule has 106 valence electrons. The molecule has 0 bridgehead atoms. The van der Waals surface area contributed by atoms with Crippen molar-refractivity contribution in [3.05, 3.63) is 47.1 Å². The fourth-order valence-corrected chi connectivity index (χ4v) is 3.07. The summed E-state index contributed by atoms with van der Waals surface area (Å²) in [5, 5.41) is 0.210. The molecule has 0 radical (unpaired) electrons. The lowest BCUT2D eigenvalue weighted by Crippen LogP contribution is -2.15. The summed E-state index contributed by atoms with van der Waals surface area (Å²) in [6, 6.07) is 9.61. The predicted octanol–water partition coefficient (Wildman–Crippen LogP) is 2.85. The second kappa shape index (κ2) is 5.68. The van der Waals surface area contributed by atoms with Crippen LogP contribution in [-0.4, -0.2) is 20.5 Å². The smallest absolute Gasteiger partial charge is 0.266 e. The van der Waals surface area contributed by atoms with Crippen LogP contribution < -0.4 is 9.46 Å². The van der Waals surface area contributed by atoms with E-state index in [9.17, 15) is 8.42 Å². The molecule has 2 aromatic rings. The number of rotatable bonds is 4. The van der Waals surface area contributed by atoms with E-state index in [1.165, 1.54) is 19.2 Å². The number of aryl methyl sites for hydroxylation is 1. The van der Waals surface area contributed by atoms with E-state index in [-0.39, 0.29) is 21.6 Å². The van der Waals surface area contributed by atoms with Gasteiger partial charge in [-0.15, -0.1) is 0 Å². The number of pyridine rings is 1. The minimum atomic E-state index is -3.79. The van der Waals surface area contributed by atoms with Crippen LogP contribution in [0.15, 0.2) is 41.3 Å². The molecule has 0 amide bonds. The zero-order chi connectivity index (χ0) is 14.8. The molecule has 1 aromatic heterocycles. The van der Waals surface area contributed by atoms with E-state index >= 15 is 0 Å². The summed E-state index contributed by atoms with van der Waals surface area (Å²) in [6.07, 6.45) is 0. The van der Waals surface area contributed by atoms with Crippen LogP contribution >= 0.6 is 11.6 Å². The van der Waals surface area contributed by atoms with Crippen LogP contribution in [0.1, 0.15) is 5.56 Å². The molecule has 0 spiro atoms. The van der Waals surface area contributed by atoms with Crippen molar-refractivity contribution in [3.63, 3.8) is 0 Å². The van der Waals surface area contributed by atoms with Gasteiger partial charge in [-0.05, 0) is 36.8 Å². The molecule has 0 aliphatic heterocycles. The molecular formula is C13H13ClN2O3S. The Morgan fingerprint density at radius 1 is 1.25 bits per heavy atom. The maximum absolute atomic E-state index is 12.4. The molecule has 0 saturated carbocycles. The molecule has 0 atom stereocenters. The third kappa shape index (κ3) is 3.20. The molecule has 0 aliphatic rings. The maximum Gasteiger partial charge on any atom is 0.266 e.